The van der Waals surface area contributed by atoms with Crippen LogP contribution in [-0.4, -0.2) is 44.3 Å². The fraction of sp³-hybridized carbons (Fsp3) is 0.947. The number of hydrogen-bond acceptors (Lipinski definition) is 4. The van der Waals surface area contributed by atoms with Crippen molar-refractivity contribution in [2.75, 3.05) is 0 Å². The van der Waals surface area contributed by atoms with Crippen LogP contribution in [-0.2, 0) is 19.2 Å². The number of hydrogen-bond donors (Lipinski definition) is 4. The van der Waals surface area contributed by atoms with E-state index >= 15 is 0 Å². The zero-order chi connectivity index (χ0) is 61.2. The lowest BCUT2D eigenvalue weighted by molar-refractivity contribution is -0.138. The van der Waals surface area contributed by atoms with Gasteiger partial charge in [-0.25, -0.2) is 0 Å². The van der Waals surface area contributed by atoms with Crippen LogP contribution in [0.3, 0.4) is 0 Å². The molecule has 8 heteroatoms. The SMILES string of the molecule is O=C(O)CCCCCCCCCCCCCCCCCCCCCCCCCCCCCCCCCCCCC(=O)O.O=C(O)CCCCCCCCCCCCCCCCCCCCCCCCCCCCCCCCCCCCC(=O)O. The van der Waals surface area contributed by atoms with Crippen molar-refractivity contribution in [3.8, 4) is 0 Å². The summed E-state index contributed by atoms with van der Waals surface area (Å²) in [6.07, 6.45) is 92.8. The average Bonchev–Trinajstić information content (AvgIpc) is 3.46. The molecule has 0 aromatic heterocycles. The minimum Gasteiger partial charge on any atom is -0.481 e. The first-order chi connectivity index (χ1) is 41.3. The summed E-state index contributed by atoms with van der Waals surface area (Å²) >= 11 is 0. The van der Waals surface area contributed by atoms with Crippen molar-refractivity contribution in [2.24, 2.45) is 0 Å². The summed E-state index contributed by atoms with van der Waals surface area (Å²) in [6.45, 7) is 0. The molecule has 8 nitrogen and oxygen atoms in total. The maximum atomic E-state index is 10.5. The minimum atomic E-state index is -0.653. The summed E-state index contributed by atoms with van der Waals surface area (Å²) in [5, 5.41) is 34.5. The van der Waals surface area contributed by atoms with Crippen molar-refractivity contribution in [3.63, 3.8) is 0 Å². The molecule has 4 N–H and O–H groups in total. The molecule has 0 spiro atoms. The van der Waals surface area contributed by atoms with E-state index < -0.39 is 23.9 Å². The number of carbonyl (C=O) groups is 4. The van der Waals surface area contributed by atoms with Gasteiger partial charge in [-0.15, -0.1) is 0 Å². The second-order valence-corrected chi connectivity index (χ2v) is 26.6. The lowest BCUT2D eigenvalue weighted by Crippen LogP contribution is -1.93. The average molecular weight is 1190 g/mol. The number of aliphatic carboxylic acids is 4. The van der Waals surface area contributed by atoms with Crippen LogP contribution in [0, 0.1) is 0 Å². The van der Waals surface area contributed by atoms with Crippen LogP contribution < -0.4 is 0 Å². The van der Waals surface area contributed by atoms with E-state index in [0.29, 0.717) is 25.7 Å². The van der Waals surface area contributed by atoms with Gasteiger partial charge in [0.2, 0.25) is 0 Å². The molecule has 0 aliphatic heterocycles. The molecule has 0 fully saturated rings. The molecule has 0 amide bonds. The van der Waals surface area contributed by atoms with E-state index in [0.717, 1.165) is 51.4 Å². The number of unbranched alkanes of at least 4 members (excludes halogenated alkanes) is 66. The number of rotatable bonds is 74. The number of carboxylic acid groups (broad SMARTS) is 4. The van der Waals surface area contributed by atoms with Gasteiger partial charge in [0, 0.05) is 25.7 Å². The molecule has 0 aliphatic carbocycles. The highest BCUT2D eigenvalue weighted by molar-refractivity contribution is 5.67. The Labute approximate surface area is 523 Å². The van der Waals surface area contributed by atoms with Gasteiger partial charge in [0.05, 0.1) is 0 Å². The fourth-order valence-corrected chi connectivity index (χ4v) is 12.4. The van der Waals surface area contributed by atoms with Crippen LogP contribution in [0.5, 0.6) is 0 Å². The third kappa shape index (κ3) is 86.3. The Balaban J connectivity index is 0. The first-order valence-electron chi connectivity index (χ1n) is 38.1. The van der Waals surface area contributed by atoms with Gasteiger partial charge in [-0.3, -0.25) is 19.2 Å². The third-order valence-electron chi connectivity index (χ3n) is 18.1. The normalized spacial score (nSPS) is 11.3. The second kappa shape index (κ2) is 77.0. The van der Waals surface area contributed by atoms with Crippen molar-refractivity contribution >= 4 is 23.9 Å². The predicted octanol–water partition coefficient (Wildman–Crippen LogP) is 26.4. The summed E-state index contributed by atoms with van der Waals surface area (Å²) in [6, 6.07) is 0. The Morgan fingerprint density at radius 1 is 0.107 bits per heavy atom. The van der Waals surface area contributed by atoms with Crippen LogP contribution in [0.1, 0.15) is 462 Å². The molecule has 0 bridgehead atoms. The zero-order valence-corrected chi connectivity index (χ0v) is 56.3. The molecule has 0 unspecified atom stereocenters. The molecular formula is C76H148O8. The topological polar surface area (TPSA) is 149 Å². The van der Waals surface area contributed by atoms with E-state index in [1.54, 1.807) is 0 Å². The number of carboxylic acids is 4. The monoisotopic (exact) mass is 1190 g/mol. The third-order valence-corrected chi connectivity index (χ3v) is 18.1. The van der Waals surface area contributed by atoms with Crippen LogP contribution in [0.25, 0.3) is 0 Å². The molecule has 84 heavy (non-hydrogen) atoms. The Bertz CT molecular complexity index is 1090. The van der Waals surface area contributed by atoms with Gasteiger partial charge in [-0.05, 0) is 25.7 Å². The van der Waals surface area contributed by atoms with Crippen LogP contribution >= 0.6 is 0 Å². The van der Waals surface area contributed by atoms with Gasteiger partial charge < -0.3 is 20.4 Å². The lowest BCUT2D eigenvalue weighted by Gasteiger charge is -2.05. The van der Waals surface area contributed by atoms with Crippen LogP contribution in [0.2, 0.25) is 0 Å². The zero-order valence-electron chi connectivity index (χ0n) is 56.3. The van der Waals surface area contributed by atoms with Gasteiger partial charge in [0.15, 0.2) is 0 Å². The molecule has 0 rings (SSSR count). The Morgan fingerprint density at radius 3 is 0.202 bits per heavy atom. The van der Waals surface area contributed by atoms with Gasteiger partial charge in [-0.2, -0.15) is 0 Å². The van der Waals surface area contributed by atoms with E-state index in [9.17, 15) is 19.2 Å². The molecule has 0 saturated heterocycles. The van der Waals surface area contributed by atoms with Crippen LogP contribution in [0.4, 0.5) is 0 Å². The molecule has 0 aromatic carbocycles. The summed E-state index contributed by atoms with van der Waals surface area (Å²) in [4.78, 5) is 41.9. The molecule has 0 aliphatic rings. The standard InChI is InChI=1S/2C38H74O4/c2*39-37(40)35-33-31-29-27-25-23-21-19-17-15-13-11-9-7-5-3-1-2-4-6-8-10-12-14-16-18-20-22-24-26-28-30-32-34-36-38(41)42/h2*1-36H2,(H,39,40)(H,41,42). The maximum absolute atomic E-state index is 10.5. The molecule has 0 heterocycles. The quantitative estimate of drug-likeness (QED) is 0.0440. The van der Waals surface area contributed by atoms with Crippen molar-refractivity contribution in [1.82, 2.24) is 0 Å². The van der Waals surface area contributed by atoms with Crippen molar-refractivity contribution < 1.29 is 39.6 Å². The highest BCUT2D eigenvalue weighted by atomic mass is 16.4. The van der Waals surface area contributed by atoms with Gasteiger partial charge in [0.25, 0.3) is 0 Å². The van der Waals surface area contributed by atoms with Gasteiger partial charge in [-0.1, -0.05) is 411 Å². The van der Waals surface area contributed by atoms with E-state index in [-0.39, 0.29) is 0 Å². The van der Waals surface area contributed by atoms with Gasteiger partial charge in [0.1, 0.15) is 0 Å². The van der Waals surface area contributed by atoms with E-state index in [1.165, 1.54) is 385 Å². The predicted molar refractivity (Wildman–Crippen MR) is 363 cm³/mol. The van der Waals surface area contributed by atoms with E-state index in [1.807, 2.05) is 0 Å². The molecule has 500 valence electrons. The lowest BCUT2D eigenvalue weighted by atomic mass is 10.0. The van der Waals surface area contributed by atoms with Gasteiger partial charge >= 0.3 is 23.9 Å². The molecule has 0 saturated carbocycles. The summed E-state index contributed by atoms with van der Waals surface area (Å²) in [5.74, 6) is -2.61. The Kier molecular flexibility index (Phi) is 76.9. The van der Waals surface area contributed by atoms with Crippen LogP contribution in [0.15, 0.2) is 0 Å². The molecule has 0 atom stereocenters. The van der Waals surface area contributed by atoms with Crippen molar-refractivity contribution in [2.45, 2.75) is 462 Å². The van der Waals surface area contributed by atoms with Crippen molar-refractivity contribution in [1.29, 1.82) is 0 Å². The summed E-state index contributed by atoms with van der Waals surface area (Å²) < 4.78 is 0. The molecule has 0 radical (unpaired) electrons. The van der Waals surface area contributed by atoms with E-state index in [4.69, 9.17) is 20.4 Å². The largest absolute Gasteiger partial charge is 0.481 e. The van der Waals surface area contributed by atoms with E-state index in [2.05, 4.69) is 0 Å². The highest BCUT2D eigenvalue weighted by Crippen LogP contribution is 2.21. The minimum absolute atomic E-state index is 0.340. The summed E-state index contributed by atoms with van der Waals surface area (Å²) in [5.41, 5.74) is 0. The first kappa shape index (κ1) is 83.9. The molecule has 0 aromatic rings. The Hall–Kier alpha value is -2.12. The molecular weight excluding hydrogens is 1040 g/mol. The maximum Gasteiger partial charge on any atom is 0.303 e. The fourth-order valence-electron chi connectivity index (χ4n) is 12.4. The smallest absolute Gasteiger partial charge is 0.303 e. The Morgan fingerprint density at radius 2 is 0.155 bits per heavy atom. The first-order valence-corrected chi connectivity index (χ1v) is 38.1. The second-order valence-electron chi connectivity index (χ2n) is 26.6. The summed E-state index contributed by atoms with van der Waals surface area (Å²) in [7, 11) is 0. The highest BCUT2D eigenvalue weighted by Gasteiger charge is 2.03. The van der Waals surface area contributed by atoms with Crippen molar-refractivity contribution in [3.05, 3.63) is 0 Å².